The number of alkyl halides is 3. The number of piperidine rings is 1. The third-order valence-corrected chi connectivity index (χ3v) is 10.5. The van der Waals surface area contributed by atoms with Crippen molar-refractivity contribution in [1.29, 1.82) is 5.26 Å². The maximum absolute atomic E-state index is 16.8. The summed E-state index contributed by atoms with van der Waals surface area (Å²) in [6.45, 7) is 4.18. The molecule has 0 radical (unpaired) electrons. The van der Waals surface area contributed by atoms with Gasteiger partial charge in [-0.25, -0.2) is 8.78 Å². The number of pyridine rings is 1. The maximum atomic E-state index is 16.8. The minimum atomic E-state index is -4.90. The van der Waals surface area contributed by atoms with Crippen LogP contribution in [0, 0.1) is 22.6 Å². The number of nitrogens with zero attached hydrogens (tertiary/aromatic N) is 6. The van der Waals surface area contributed by atoms with Gasteiger partial charge >= 0.3 is 12.2 Å². The smallest absolute Gasteiger partial charge is 0.417 e. The molecule has 3 saturated heterocycles. The van der Waals surface area contributed by atoms with Gasteiger partial charge in [0.1, 0.15) is 34.7 Å². The van der Waals surface area contributed by atoms with Gasteiger partial charge < -0.3 is 25.6 Å². The fraction of sp³-hybridized carbons (Fsp3) is 0.438. The molecule has 0 amide bonds. The Balaban J connectivity index is 1.41. The van der Waals surface area contributed by atoms with Gasteiger partial charge in [-0.3, -0.25) is 4.98 Å². The van der Waals surface area contributed by atoms with Gasteiger partial charge in [0, 0.05) is 65.5 Å². The number of anilines is 2. The number of rotatable bonds is 5. The molecular formula is C32H31F5N8OS. The molecule has 246 valence electrons. The normalized spacial score (nSPS) is 24.4. The largest absolute Gasteiger partial charge is 0.462 e. The van der Waals surface area contributed by atoms with E-state index in [1.54, 1.807) is 0 Å². The van der Waals surface area contributed by atoms with Gasteiger partial charge in [0.15, 0.2) is 5.82 Å². The van der Waals surface area contributed by atoms with Crippen LogP contribution in [0.15, 0.2) is 30.2 Å². The second-order valence-electron chi connectivity index (χ2n) is 12.8. The first kappa shape index (κ1) is 31.5. The minimum Gasteiger partial charge on any atom is -0.462 e. The highest BCUT2D eigenvalue weighted by atomic mass is 32.1. The first-order valence-electron chi connectivity index (χ1n) is 15.2. The molecule has 15 heteroatoms. The van der Waals surface area contributed by atoms with Crippen LogP contribution in [0.3, 0.4) is 0 Å². The molecule has 3 fully saturated rings. The Morgan fingerprint density at radius 2 is 1.98 bits per heavy atom. The van der Waals surface area contributed by atoms with Gasteiger partial charge in [0.25, 0.3) is 0 Å². The number of piperazine rings is 1. The van der Waals surface area contributed by atoms with Crippen molar-refractivity contribution < 1.29 is 26.7 Å². The van der Waals surface area contributed by atoms with Gasteiger partial charge in [0.2, 0.25) is 0 Å². The Bertz CT molecular complexity index is 1960. The highest BCUT2D eigenvalue weighted by molar-refractivity contribution is 7.23. The summed E-state index contributed by atoms with van der Waals surface area (Å²) in [5.41, 5.74) is 3.03. The minimum absolute atomic E-state index is 0.0123. The van der Waals surface area contributed by atoms with Crippen molar-refractivity contribution in [3.05, 3.63) is 47.2 Å². The average molecular weight is 671 g/mol. The van der Waals surface area contributed by atoms with Crippen LogP contribution in [-0.4, -0.2) is 71.8 Å². The molecule has 3 aromatic heterocycles. The lowest BCUT2D eigenvalue weighted by molar-refractivity contribution is -0.137. The Morgan fingerprint density at radius 3 is 2.66 bits per heavy atom. The zero-order chi connectivity index (χ0) is 33.2. The predicted molar refractivity (Wildman–Crippen MR) is 169 cm³/mol. The van der Waals surface area contributed by atoms with E-state index in [1.165, 1.54) is 12.3 Å². The summed E-state index contributed by atoms with van der Waals surface area (Å²) in [7, 11) is 1.93. The summed E-state index contributed by atoms with van der Waals surface area (Å²) in [5, 5.41) is 13.5. The van der Waals surface area contributed by atoms with Crippen molar-refractivity contribution in [2.24, 2.45) is 5.41 Å². The number of nitrogens with one attached hydrogen (secondary N) is 1. The van der Waals surface area contributed by atoms with Gasteiger partial charge in [-0.1, -0.05) is 6.92 Å². The topological polar surface area (TPSA) is 116 Å². The molecule has 0 aliphatic carbocycles. The van der Waals surface area contributed by atoms with Gasteiger partial charge in [0.05, 0.1) is 22.8 Å². The zero-order valence-electron chi connectivity index (χ0n) is 25.6. The summed E-state index contributed by atoms with van der Waals surface area (Å²) >= 11 is 0.938. The standard InChI is InChI=1S/C32H31F5N8OS/c1-31(14-44(2)8-7-16(31)9-33)15-46-30-42-26-20(29(43-30)45-12-17-3-4-18(13-45)41-17)11-40-27(25(26)34)24-21(32(35,36)37)5-6-22-23(24)19(10-38)28(39)47-22/h5-6,9,11,17-18,41H,3-4,7-8,12-15,39H2,1-2H3/b16-9+/t17-,18+,31-/m0/s1. The molecule has 7 rings (SSSR count). The fourth-order valence-electron chi connectivity index (χ4n) is 7.21. The number of nitriles is 1. The number of ether oxygens (including phenoxy) is 1. The van der Waals surface area contributed by atoms with E-state index in [-0.39, 0.29) is 56.3 Å². The van der Waals surface area contributed by atoms with Crippen molar-refractivity contribution >= 4 is 43.1 Å². The number of benzene rings is 1. The van der Waals surface area contributed by atoms with Crippen molar-refractivity contribution in [3.63, 3.8) is 0 Å². The molecule has 47 heavy (non-hydrogen) atoms. The first-order valence-corrected chi connectivity index (χ1v) is 16.0. The summed E-state index contributed by atoms with van der Waals surface area (Å²) in [6, 6.07) is 4.13. The van der Waals surface area contributed by atoms with Gasteiger partial charge in [-0.2, -0.15) is 28.4 Å². The van der Waals surface area contributed by atoms with Crippen LogP contribution in [0.5, 0.6) is 6.01 Å². The summed E-state index contributed by atoms with van der Waals surface area (Å²) in [5.74, 6) is -0.769. The lowest BCUT2D eigenvalue weighted by atomic mass is 9.78. The second kappa shape index (κ2) is 11.5. The molecule has 0 saturated carbocycles. The molecule has 4 aromatic rings. The molecule has 3 aliphatic rings. The van der Waals surface area contributed by atoms with Crippen molar-refractivity contribution in [3.8, 4) is 23.3 Å². The summed E-state index contributed by atoms with van der Waals surface area (Å²) in [6.07, 6.45) is -0.588. The quantitative estimate of drug-likeness (QED) is 0.246. The average Bonchev–Trinajstić information content (AvgIpc) is 3.55. The van der Waals surface area contributed by atoms with Gasteiger partial charge in [-0.05, 0) is 44.0 Å². The lowest BCUT2D eigenvalue weighted by Gasteiger charge is -2.40. The molecule has 9 nitrogen and oxygen atoms in total. The van der Waals surface area contributed by atoms with E-state index in [1.807, 2.05) is 24.9 Å². The highest BCUT2D eigenvalue weighted by Gasteiger charge is 2.39. The molecule has 3 N–H and O–H groups in total. The Morgan fingerprint density at radius 1 is 1.23 bits per heavy atom. The van der Waals surface area contributed by atoms with E-state index in [4.69, 9.17) is 10.5 Å². The number of hydrogen-bond donors (Lipinski definition) is 2. The number of aromatic nitrogens is 3. The van der Waals surface area contributed by atoms with Crippen LogP contribution >= 0.6 is 11.3 Å². The second-order valence-corrected chi connectivity index (χ2v) is 13.9. The van der Waals surface area contributed by atoms with E-state index in [9.17, 15) is 22.8 Å². The zero-order valence-corrected chi connectivity index (χ0v) is 26.4. The van der Waals surface area contributed by atoms with Crippen LogP contribution in [0.4, 0.5) is 32.8 Å². The number of fused-ring (bicyclic) bond motifs is 4. The molecule has 0 spiro atoms. The van der Waals surface area contributed by atoms with Crippen LogP contribution in [0.25, 0.3) is 32.2 Å². The Labute approximate surface area is 270 Å². The van der Waals surface area contributed by atoms with Crippen LogP contribution in [-0.2, 0) is 6.18 Å². The van der Waals surface area contributed by atoms with Crippen molar-refractivity contribution in [2.75, 3.05) is 50.5 Å². The lowest BCUT2D eigenvalue weighted by Crippen LogP contribution is -2.51. The van der Waals surface area contributed by atoms with Gasteiger partial charge in [-0.15, -0.1) is 11.3 Å². The number of halogens is 5. The van der Waals surface area contributed by atoms with Crippen LogP contribution in [0.1, 0.15) is 37.3 Å². The molecule has 6 heterocycles. The van der Waals surface area contributed by atoms with E-state index in [2.05, 4.69) is 25.2 Å². The van der Waals surface area contributed by atoms with E-state index >= 15 is 4.39 Å². The maximum Gasteiger partial charge on any atom is 0.417 e. The molecule has 2 bridgehead atoms. The monoisotopic (exact) mass is 670 g/mol. The predicted octanol–water partition coefficient (Wildman–Crippen LogP) is 6.03. The summed E-state index contributed by atoms with van der Waals surface area (Å²) in [4.78, 5) is 17.4. The van der Waals surface area contributed by atoms with E-state index < -0.39 is 34.2 Å². The fourth-order valence-corrected chi connectivity index (χ4v) is 8.14. The van der Waals surface area contributed by atoms with Crippen molar-refractivity contribution in [2.45, 2.75) is 44.4 Å². The molecule has 3 aliphatic heterocycles. The first-order chi connectivity index (χ1) is 22.4. The number of likely N-dealkylation sites (tertiary alicyclic amines) is 1. The van der Waals surface area contributed by atoms with Crippen molar-refractivity contribution in [1.82, 2.24) is 25.2 Å². The molecule has 0 unspecified atom stereocenters. The highest BCUT2D eigenvalue weighted by Crippen LogP contribution is 2.47. The number of thiophene rings is 1. The molecule has 1 aromatic carbocycles. The molecule has 3 atom stereocenters. The number of hydrogen-bond acceptors (Lipinski definition) is 10. The Hall–Kier alpha value is -4.13. The van der Waals surface area contributed by atoms with Crippen LogP contribution < -0.4 is 20.7 Å². The van der Waals surface area contributed by atoms with E-state index in [0.29, 0.717) is 50.3 Å². The van der Waals surface area contributed by atoms with Crippen LogP contribution in [0.2, 0.25) is 0 Å². The third kappa shape index (κ3) is 5.41. The Kier molecular flexibility index (Phi) is 7.72. The van der Waals surface area contributed by atoms with E-state index in [0.717, 1.165) is 30.2 Å². The summed E-state index contributed by atoms with van der Waals surface area (Å²) < 4.78 is 80.5. The number of nitrogen functional groups attached to an aromatic ring is 1. The third-order valence-electron chi connectivity index (χ3n) is 9.51. The number of nitrogens with two attached hydrogens (primary N) is 1. The molecular weight excluding hydrogens is 639 g/mol. The SMILES string of the molecule is CN1CC/C(=C\F)[C@](C)(COc2nc(N3C[C@H]4CC[C@@H](C3)N4)c3cnc(-c4c(C(F)(F)F)ccc5sc(N)c(C#N)c45)c(F)c3n2)C1.